The van der Waals surface area contributed by atoms with Crippen molar-refractivity contribution in [2.45, 2.75) is 47.6 Å². The fraction of sp³-hybridized carbons (Fsp3) is 0.929. The molecule has 1 saturated heterocycles. The molecular weight excluding hydrogens is 212 g/mol. The van der Waals surface area contributed by atoms with Crippen LogP contribution < -0.4 is 0 Å². The van der Waals surface area contributed by atoms with E-state index in [1.54, 1.807) is 0 Å². The number of hydrogen-bond acceptors (Lipinski definition) is 2. The Hall–Kier alpha value is -0.570. The summed E-state index contributed by atoms with van der Waals surface area (Å²) in [5, 5.41) is 0. The molecule has 1 rings (SSSR count). The maximum absolute atomic E-state index is 12.0. The number of rotatable bonds is 2. The van der Waals surface area contributed by atoms with E-state index in [0.717, 1.165) is 19.6 Å². The van der Waals surface area contributed by atoms with Gasteiger partial charge in [-0.05, 0) is 13.0 Å². The minimum absolute atomic E-state index is 0.120. The largest absolute Gasteiger partial charge is 0.337 e. The van der Waals surface area contributed by atoms with Gasteiger partial charge in [-0.15, -0.1) is 0 Å². The Morgan fingerprint density at radius 1 is 1.12 bits per heavy atom. The monoisotopic (exact) mass is 242 g/mol. The number of carbonyl (C=O) groups excluding carboxylic acids is 1. The zero-order valence-electron chi connectivity index (χ0n) is 12.7. The second-order valence-electron chi connectivity index (χ2n) is 5.26. The van der Waals surface area contributed by atoms with Crippen LogP contribution in [0.25, 0.3) is 0 Å². The standard InChI is InChI=1S/C12H24N2O.C2H6/c1-9(2)11-8-13(5)6-7-14(11)12(15)10(3)4;1-2/h9-11H,6-8H2,1-5H3;1-2H3. The minimum Gasteiger partial charge on any atom is -0.337 e. The van der Waals surface area contributed by atoms with E-state index in [9.17, 15) is 4.79 Å². The van der Waals surface area contributed by atoms with Crippen molar-refractivity contribution in [2.24, 2.45) is 11.8 Å². The quantitative estimate of drug-likeness (QED) is 0.742. The number of nitrogens with zero attached hydrogens (tertiary/aromatic N) is 2. The molecule has 0 aromatic carbocycles. The van der Waals surface area contributed by atoms with Gasteiger partial charge in [0.05, 0.1) is 0 Å². The molecule has 1 aliphatic rings. The molecule has 0 aliphatic carbocycles. The summed E-state index contributed by atoms with van der Waals surface area (Å²) in [6, 6.07) is 0.388. The van der Waals surface area contributed by atoms with Gasteiger partial charge in [-0.3, -0.25) is 4.79 Å². The SMILES string of the molecule is CC.CC(C)C(=O)N1CCN(C)CC1C(C)C. The fourth-order valence-electron chi connectivity index (χ4n) is 2.13. The van der Waals surface area contributed by atoms with Gasteiger partial charge in [0.1, 0.15) is 0 Å². The van der Waals surface area contributed by atoms with Crippen LogP contribution in [0.3, 0.4) is 0 Å². The van der Waals surface area contributed by atoms with Gasteiger partial charge in [0.15, 0.2) is 0 Å². The average Bonchev–Trinajstić information content (AvgIpc) is 2.30. The molecule has 3 nitrogen and oxygen atoms in total. The molecule has 1 heterocycles. The third kappa shape index (κ3) is 4.66. The van der Waals surface area contributed by atoms with Gasteiger partial charge in [-0.1, -0.05) is 41.5 Å². The molecule has 1 amide bonds. The highest BCUT2D eigenvalue weighted by Crippen LogP contribution is 2.18. The predicted molar refractivity (Wildman–Crippen MR) is 74.0 cm³/mol. The first-order valence-electron chi connectivity index (χ1n) is 6.92. The third-order valence-electron chi connectivity index (χ3n) is 3.17. The van der Waals surface area contributed by atoms with E-state index in [4.69, 9.17) is 0 Å². The number of hydrogen-bond donors (Lipinski definition) is 0. The van der Waals surface area contributed by atoms with E-state index in [1.807, 2.05) is 27.7 Å². The Morgan fingerprint density at radius 3 is 2.06 bits per heavy atom. The molecule has 0 radical (unpaired) electrons. The van der Waals surface area contributed by atoms with Gasteiger partial charge in [-0.2, -0.15) is 0 Å². The maximum atomic E-state index is 12.0. The molecule has 0 aromatic rings. The van der Waals surface area contributed by atoms with E-state index >= 15 is 0 Å². The minimum atomic E-state index is 0.120. The molecule has 0 N–H and O–H groups in total. The lowest BCUT2D eigenvalue weighted by Gasteiger charge is -2.43. The van der Waals surface area contributed by atoms with Gasteiger partial charge in [0, 0.05) is 31.6 Å². The van der Waals surface area contributed by atoms with Crippen LogP contribution in [0, 0.1) is 11.8 Å². The molecule has 1 aliphatic heterocycles. The summed E-state index contributed by atoms with van der Waals surface area (Å²) in [6.07, 6.45) is 0. The Balaban J connectivity index is 0.00000121. The molecule has 1 atom stereocenters. The normalized spacial score (nSPS) is 21.5. The number of piperazine rings is 1. The molecule has 17 heavy (non-hydrogen) atoms. The van der Waals surface area contributed by atoms with E-state index in [0.29, 0.717) is 17.9 Å². The zero-order valence-corrected chi connectivity index (χ0v) is 12.7. The van der Waals surface area contributed by atoms with Crippen LogP contribution >= 0.6 is 0 Å². The van der Waals surface area contributed by atoms with Crippen LogP contribution in [0.4, 0.5) is 0 Å². The smallest absolute Gasteiger partial charge is 0.225 e. The van der Waals surface area contributed by atoms with E-state index < -0.39 is 0 Å². The number of likely N-dealkylation sites (N-methyl/N-ethyl adjacent to an activating group) is 1. The van der Waals surface area contributed by atoms with E-state index in [-0.39, 0.29) is 5.92 Å². The molecule has 0 aromatic heterocycles. The Kier molecular flexibility index (Phi) is 7.44. The first-order valence-corrected chi connectivity index (χ1v) is 6.92. The number of amides is 1. The lowest BCUT2D eigenvalue weighted by Crippen LogP contribution is -2.56. The second kappa shape index (κ2) is 7.70. The highest BCUT2D eigenvalue weighted by Gasteiger charge is 2.31. The first kappa shape index (κ1) is 16.4. The molecule has 0 spiro atoms. The van der Waals surface area contributed by atoms with Crippen LogP contribution in [-0.2, 0) is 4.79 Å². The van der Waals surface area contributed by atoms with Crippen molar-refractivity contribution in [3.63, 3.8) is 0 Å². The molecule has 3 heteroatoms. The summed E-state index contributed by atoms with van der Waals surface area (Å²) >= 11 is 0. The molecule has 1 unspecified atom stereocenters. The summed E-state index contributed by atoms with van der Waals surface area (Å²) in [5.41, 5.74) is 0. The Labute approximate surface area is 107 Å². The van der Waals surface area contributed by atoms with Gasteiger partial charge in [0.25, 0.3) is 0 Å². The molecule has 1 fully saturated rings. The molecule has 102 valence electrons. The Morgan fingerprint density at radius 2 is 1.65 bits per heavy atom. The van der Waals surface area contributed by atoms with Crippen molar-refractivity contribution in [3.05, 3.63) is 0 Å². The van der Waals surface area contributed by atoms with E-state index in [1.165, 1.54) is 0 Å². The fourth-order valence-corrected chi connectivity index (χ4v) is 2.13. The predicted octanol–water partition coefficient (Wildman–Crippen LogP) is 2.47. The Bertz CT molecular complexity index is 226. The topological polar surface area (TPSA) is 23.6 Å². The highest BCUT2D eigenvalue weighted by atomic mass is 16.2. The zero-order chi connectivity index (χ0) is 13.6. The maximum Gasteiger partial charge on any atom is 0.225 e. The van der Waals surface area contributed by atoms with Crippen LogP contribution in [0.15, 0.2) is 0 Å². The lowest BCUT2D eigenvalue weighted by atomic mass is 9.98. The summed E-state index contributed by atoms with van der Waals surface area (Å²) in [4.78, 5) is 16.4. The summed E-state index contributed by atoms with van der Waals surface area (Å²) < 4.78 is 0. The first-order chi connectivity index (χ1) is 7.93. The van der Waals surface area contributed by atoms with Crippen LogP contribution in [0.5, 0.6) is 0 Å². The van der Waals surface area contributed by atoms with Crippen molar-refractivity contribution in [3.8, 4) is 0 Å². The van der Waals surface area contributed by atoms with E-state index in [2.05, 4.69) is 30.7 Å². The van der Waals surface area contributed by atoms with Crippen LogP contribution in [0.2, 0.25) is 0 Å². The van der Waals surface area contributed by atoms with Crippen LogP contribution in [-0.4, -0.2) is 48.4 Å². The molecule has 0 saturated carbocycles. The molecular formula is C14H30N2O. The third-order valence-corrected chi connectivity index (χ3v) is 3.17. The lowest BCUT2D eigenvalue weighted by molar-refractivity contribution is -0.140. The van der Waals surface area contributed by atoms with Crippen molar-refractivity contribution in [2.75, 3.05) is 26.7 Å². The van der Waals surface area contributed by atoms with Crippen molar-refractivity contribution >= 4 is 5.91 Å². The summed E-state index contributed by atoms with van der Waals surface area (Å²) in [6.45, 7) is 15.3. The van der Waals surface area contributed by atoms with Gasteiger partial charge < -0.3 is 9.80 Å². The number of carbonyl (C=O) groups is 1. The van der Waals surface area contributed by atoms with Crippen molar-refractivity contribution < 1.29 is 4.79 Å². The summed E-state index contributed by atoms with van der Waals surface area (Å²) in [7, 11) is 2.13. The van der Waals surface area contributed by atoms with Crippen LogP contribution in [0.1, 0.15) is 41.5 Å². The average molecular weight is 242 g/mol. The molecule has 0 bridgehead atoms. The van der Waals surface area contributed by atoms with Crippen molar-refractivity contribution in [1.29, 1.82) is 0 Å². The second-order valence-corrected chi connectivity index (χ2v) is 5.26. The van der Waals surface area contributed by atoms with Gasteiger partial charge in [0.2, 0.25) is 5.91 Å². The van der Waals surface area contributed by atoms with Gasteiger partial charge >= 0.3 is 0 Å². The highest BCUT2D eigenvalue weighted by molar-refractivity contribution is 5.78. The summed E-state index contributed by atoms with van der Waals surface area (Å²) in [5.74, 6) is 0.965. The van der Waals surface area contributed by atoms with Gasteiger partial charge in [-0.25, -0.2) is 0 Å². The van der Waals surface area contributed by atoms with Crippen molar-refractivity contribution in [1.82, 2.24) is 9.80 Å².